The van der Waals surface area contributed by atoms with E-state index in [0.717, 1.165) is 67.7 Å². The zero-order valence-electron chi connectivity index (χ0n) is 26.7. The summed E-state index contributed by atoms with van der Waals surface area (Å²) in [5.41, 5.74) is 0. The van der Waals surface area contributed by atoms with Crippen molar-refractivity contribution < 1.29 is 48.6 Å². The van der Waals surface area contributed by atoms with Crippen LogP contribution in [0, 0.1) is 0 Å². The van der Waals surface area contributed by atoms with Crippen LogP contribution in [0.2, 0.25) is 0 Å². The molecule has 0 bridgehead atoms. The van der Waals surface area contributed by atoms with Gasteiger partial charge in [-0.3, -0.25) is 14.4 Å². The minimum atomic E-state index is -0.192. The molecule has 20 heteroatoms. The van der Waals surface area contributed by atoms with Gasteiger partial charge in [-0.1, -0.05) is 0 Å². The third kappa shape index (κ3) is 42.1. The van der Waals surface area contributed by atoms with Gasteiger partial charge in [0.15, 0.2) is 0 Å². The maximum Gasteiger partial charge on any atom is 0.307 e. The van der Waals surface area contributed by atoms with E-state index in [2.05, 4.69) is 0 Å². The monoisotopic (exact) mass is 854 g/mol. The Balaban J connectivity index is 3.24. The highest BCUT2D eigenvalue weighted by Crippen LogP contribution is 2.17. The number of esters is 3. The second-order valence-electron chi connectivity index (χ2n) is 8.43. The smallest absolute Gasteiger partial charge is 0.307 e. The summed E-state index contributed by atoms with van der Waals surface area (Å²) in [6, 6.07) is 0. The van der Waals surface area contributed by atoms with E-state index in [-0.39, 0.29) is 29.8 Å². The van der Waals surface area contributed by atoms with Gasteiger partial charge >= 0.3 is 17.9 Å². The lowest BCUT2D eigenvalue weighted by Crippen LogP contribution is -2.08. The van der Waals surface area contributed by atoms with Crippen molar-refractivity contribution in [3.8, 4) is 0 Å². The molecule has 0 aliphatic heterocycles. The maximum atomic E-state index is 11.9. The van der Waals surface area contributed by atoms with Crippen molar-refractivity contribution in [2.75, 3.05) is 116 Å². The number of hydrogen-bond donors (Lipinski definition) is 2. The number of aliphatic hydroxyl groups excluding tert-OH is 2. The predicted octanol–water partition coefficient (Wildman–Crippen LogP) is 6.14. The van der Waals surface area contributed by atoms with Crippen LogP contribution < -0.4 is 0 Å². The Morgan fingerprint density at radius 2 is 0.809 bits per heavy atom. The van der Waals surface area contributed by atoms with Crippen LogP contribution in [0.15, 0.2) is 0 Å². The highest BCUT2D eigenvalue weighted by Gasteiger charge is 2.06. The lowest BCUT2D eigenvalue weighted by Gasteiger charge is -2.06. The molecule has 278 valence electrons. The zero-order valence-corrected chi connectivity index (χ0v) is 34.9. The highest BCUT2D eigenvalue weighted by molar-refractivity contribution is 8.16. The molecule has 0 aromatic carbocycles. The number of hydrogen-bond acceptors (Lipinski definition) is 20. The van der Waals surface area contributed by atoms with E-state index in [1.165, 1.54) is 23.5 Å². The Hall–Kier alpha value is 1.75. The zero-order chi connectivity index (χ0) is 34.3. The molecule has 0 saturated carbocycles. The molecule has 10 nitrogen and oxygen atoms in total. The van der Waals surface area contributed by atoms with Gasteiger partial charge in [0.25, 0.3) is 0 Å². The van der Waals surface area contributed by atoms with Crippen LogP contribution in [0.25, 0.3) is 0 Å². The van der Waals surface area contributed by atoms with Gasteiger partial charge in [0.2, 0.25) is 0 Å². The molecule has 0 radical (unpaired) electrons. The average molecular weight is 855 g/mol. The normalized spacial score (nSPS) is 11.1. The Morgan fingerprint density at radius 3 is 1.32 bits per heavy atom. The molecule has 0 aromatic rings. The molecule has 0 amide bonds. The summed E-state index contributed by atoms with van der Waals surface area (Å²) in [7, 11) is 0. The Morgan fingerprint density at radius 1 is 0.404 bits per heavy atom. The average Bonchev–Trinajstić information content (AvgIpc) is 3.06. The van der Waals surface area contributed by atoms with E-state index in [4.69, 9.17) is 34.2 Å². The van der Waals surface area contributed by atoms with Crippen LogP contribution in [0.1, 0.15) is 25.7 Å². The van der Waals surface area contributed by atoms with Crippen molar-refractivity contribution in [3.05, 3.63) is 0 Å². The number of rotatable bonds is 38. The molecule has 0 rings (SSSR count). The quantitative estimate of drug-likeness (QED) is 0.0183. The number of carbonyl (C=O) groups excluding carboxylic acids is 3. The summed E-state index contributed by atoms with van der Waals surface area (Å²) >= 11 is 16.4. The Kier molecular flexibility index (Phi) is 43.7. The molecule has 0 aliphatic carbocycles. The standard InChI is InChI=1S/C27H50O10S10/c28-18-38-14-16-40-20-34-26(31)3-10-43-22-42-8-1-5-36-37-7-13-47-24-46-12-6-33-25(30)2-9-44-23-45-11-4-27(32)35-21-41-17-15-39-19-29/h28-29H,1-24H2. The first kappa shape index (κ1) is 48.8. The van der Waals surface area contributed by atoms with Crippen molar-refractivity contribution in [2.45, 2.75) is 25.7 Å². The Bertz CT molecular complexity index is 719. The molecule has 47 heavy (non-hydrogen) atoms. The number of ether oxygens (including phenoxy) is 3. The summed E-state index contributed by atoms with van der Waals surface area (Å²) in [6.45, 7) is 1.51. The number of carbonyl (C=O) groups is 3. The molecule has 0 aliphatic rings. The third-order valence-electron chi connectivity index (χ3n) is 4.79. The maximum absolute atomic E-state index is 11.9. The summed E-state index contributed by atoms with van der Waals surface area (Å²) in [4.78, 5) is 45.6. The van der Waals surface area contributed by atoms with Gasteiger partial charge in [0.1, 0.15) is 18.5 Å². The van der Waals surface area contributed by atoms with Crippen molar-refractivity contribution in [1.29, 1.82) is 0 Å². The highest BCUT2D eigenvalue weighted by atomic mass is 32.2. The van der Waals surface area contributed by atoms with Gasteiger partial charge in [-0.25, -0.2) is 9.78 Å². The third-order valence-corrected chi connectivity index (χ3v) is 15.2. The summed E-state index contributed by atoms with van der Waals surface area (Å²) in [6.07, 6.45) is 2.11. The molecule has 0 unspecified atom stereocenters. The van der Waals surface area contributed by atoms with Crippen molar-refractivity contribution >= 4 is 136 Å². The molecule has 0 spiro atoms. The summed E-state index contributed by atoms with van der Waals surface area (Å²) in [5, 5.41) is 20.0. The summed E-state index contributed by atoms with van der Waals surface area (Å²) in [5.74, 6) is 8.60. The van der Waals surface area contributed by atoms with Crippen LogP contribution in [-0.2, 0) is 38.4 Å². The van der Waals surface area contributed by atoms with Gasteiger partial charge in [-0.2, -0.15) is 47.0 Å². The second kappa shape index (κ2) is 42.2. The van der Waals surface area contributed by atoms with Crippen molar-refractivity contribution in [1.82, 2.24) is 0 Å². The first-order valence-electron chi connectivity index (χ1n) is 14.8. The van der Waals surface area contributed by atoms with E-state index in [0.29, 0.717) is 62.5 Å². The van der Waals surface area contributed by atoms with Crippen molar-refractivity contribution in [2.24, 2.45) is 0 Å². The van der Waals surface area contributed by atoms with Crippen molar-refractivity contribution in [3.63, 3.8) is 0 Å². The lowest BCUT2D eigenvalue weighted by atomic mass is 10.5. The van der Waals surface area contributed by atoms with Gasteiger partial charge in [-0.05, 0) is 12.2 Å². The molecule has 2 N–H and O–H groups in total. The van der Waals surface area contributed by atoms with Crippen LogP contribution >= 0.6 is 118 Å². The molecule has 0 saturated heterocycles. The fourth-order valence-corrected chi connectivity index (χ4v) is 11.2. The van der Waals surface area contributed by atoms with E-state index in [1.807, 2.05) is 11.8 Å². The van der Waals surface area contributed by atoms with Gasteiger partial charge < -0.3 is 24.4 Å². The molecular formula is C27H50O10S10. The fourth-order valence-electron chi connectivity index (χ4n) is 2.56. The van der Waals surface area contributed by atoms with E-state index >= 15 is 0 Å². The minimum absolute atomic E-state index is 0.119. The summed E-state index contributed by atoms with van der Waals surface area (Å²) < 4.78 is 15.6. The fraction of sp³-hybridized carbons (Fsp3) is 0.889. The number of thioether (sulfide) groups is 10. The first-order valence-corrected chi connectivity index (χ1v) is 26.3. The van der Waals surface area contributed by atoms with Crippen LogP contribution in [0.3, 0.4) is 0 Å². The lowest BCUT2D eigenvalue weighted by molar-refractivity contribution is -0.289. The minimum Gasteiger partial charge on any atom is -0.465 e. The SMILES string of the molecule is O=C(CCSCSCCC(=O)OCSCCSCO)OCCSCSCCOOCCCSCSCCC(=O)OCSCCSCO. The molecule has 0 heterocycles. The van der Waals surface area contributed by atoms with Crippen LogP contribution in [0.4, 0.5) is 0 Å². The largest absolute Gasteiger partial charge is 0.465 e. The van der Waals surface area contributed by atoms with E-state index in [9.17, 15) is 14.4 Å². The second-order valence-corrected chi connectivity index (χ2v) is 20.4. The molecule has 0 aromatic heterocycles. The Labute approximate surface area is 323 Å². The molecule has 0 atom stereocenters. The van der Waals surface area contributed by atoms with E-state index in [1.54, 1.807) is 82.3 Å². The van der Waals surface area contributed by atoms with Crippen LogP contribution in [0.5, 0.6) is 0 Å². The molecule has 0 fully saturated rings. The van der Waals surface area contributed by atoms with E-state index < -0.39 is 0 Å². The first-order chi connectivity index (χ1) is 23.1. The van der Waals surface area contributed by atoms with Gasteiger partial charge in [0.05, 0.1) is 44.4 Å². The topological polar surface area (TPSA) is 138 Å². The molecular weight excluding hydrogens is 805 g/mol. The van der Waals surface area contributed by atoms with Crippen LogP contribution in [-0.4, -0.2) is 144 Å². The van der Waals surface area contributed by atoms with Gasteiger partial charge in [-0.15, -0.1) is 70.6 Å². The predicted molar refractivity (Wildman–Crippen MR) is 217 cm³/mol. The van der Waals surface area contributed by atoms with Gasteiger partial charge in [0, 0.05) is 67.0 Å². The number of aliphatic hydroxyl groups is 2.